The number of aryl methyl sites for hydroxylation is 1. The maximum Gasteiger partial charge on any atom is 0.198 e. The fourth-order valence-electron chi connectivity index (χ4n) is 4.33. The first-order valence-corrected chi connectivity index (χ1v) is 12.9. The van der Waals surface area contributed by atoms with Crippen molar-refractivity contribution in [3.05, 3.63) is 65.7 Å². The van der Waals surface area contributed by atoms with Crippen molar-refractivity contribution in [2.24, 2.45) is 5.92 Å². The summed E-state index contributed by atoms with van der Waals surface area (Å²) in [4.78, 5) is 9.26. The first kappa shape index (κ1) is 23.5. The maximum atomic E-state index is 13.0. The monoisotopic (exact) mass is 469 g/mol. The molecule has 176 valence electrons. The molecule has 2 aromatic heterocycles. The van der Waals surface area contributed by atoms with Crippen LogP contribution in [-0.4, -0.2) is 69.6 Å². The van der Waals surface area contributed by atoms with E-state index in [-0.39, 0.29) is 22.7 Å². The molecule has 0 bridgehead atoms. The van der Waals surface area contributed by atoms with Crippen LogP contribution in [0, 0.1) is 12.8 Å². The average molecular weight is 470 g/mol. The van der Waals surface area contributed by atoms with Gasteiger partial charge in [-0.3, -0.25) is 14.8 Å². The van der Waals surface area contributed by atoms with E-state index in [1.807, 2.05) is 19.2 Å². The van der Waals surface area contributed by atoms with Crippen LogP contribution in [-0.2, 0) is 22.3 Å². The van der Waals surface area contributed by atoms with Gasteiger partial charge in [-0.1, -0.05) is 37.6 Å². The zero-order valence-corrected chi connectivity index (χ0v) is 20.2. The summed E-state index contributed by atoms with van der Waals surface area (Å²) in [5, 5.41) is 12.1. The lowest BCUT2D eigenvalue weighted by Crippen LogP contribution is -2.48. The van der Waals surface area contributed by atoms with Crippen molar-refractivity contribution in [2.75, 3.05) is 26.2 Å². The number of nitrogens with zero attached hydrogens (tertiary/aromatic N) is 7. The molecular weight excluding hydrogens is 438 g/mol. The molecule has 3 aromatic rings. The molecule has 0 aliphatic carbocycles. The summed E-state index contributed by atoms with van der Waals surface area (Å²) >= 11 is 0. The molecule has 1 aliphatic rings. The van der Waals surface area contributed by atoms with Crippen LogP contribution < -0.4 is 0 Å². The standard InChI is InChI=1S/C23H31N7O2S/c1-18(2)22(29-13-11-28(12-14-29)16-20-5-4-10-24-15-20)23-25-26-27-30(23)17-33(31,32)21-8-6-19(3)7-9-21/h4-10,15,18,22H,11-14,16-17H2,1-3H3. The smallest absolute Gasteiger partial charge is 0.198 e. The van der Waals surface area contributed by atoms with Gasteiger partial charge in [-0.05, 0) is 47.0 Å². The van der Waals surface area contributed by atoms with Gasteiger partial charge in [0.05, 0.1) is 10.9 Å². The molecule has 1 unspecified atom stereocenters. The molecule has 0 amide bonds. The molecule has 1 aromatic carbocycles. The molecule has 0 N–H and O–H groups in total. The largest absolute Gasteiger partial charge is 0.296 e. The van der Waals surface area contributed by atoms with Crippen molar-refractivity contribution in [1.29, 1.82) is 0 Å². The van der Waals surface area contributed by atoms with Crippen molar-refractivity contribution in [2.45, 2.75) is 44.1 Å². The van der Waals surface area contributed by atoms with Gasteiger partial charge in [0, 0.05) is 45.1 Å². The van der Waals surface area contributed by atoms with Gasteiger partial charge in [-0.2, -0.15) is 0 Å². The molecule has 1 fully saturated rings. The summed E-state index contributed by atoms with van der Waals surface area (Å²) in [6, 6.07) is 10.9. The van der Waals surface area contributed by atoms with E-state index in [2.05, 4.69) is 50.2 Å². The first-order chi connectivity index (χ1) is 15.8. The highest BCUT2D eigenvalue weighted by Gasteiger charge is 2.32. The highest BCUT2D eigenvalue weighted by Crippen LogP contribution is 2.28. The zero-order valence-electron chi connectivity index (χ0n) is 19.4. The van der Waals surface area contributed by atoms with Crippen molar-refractivity contribution >= 4 is 9.84 Å². The summed E-state index contributed by atoms with van der Waals surface area (Å²) in [7, 11) is -3.57. The predicted molar refractivity (Wildman–Crippen MR) is 125 cm³/mol. The lowest BCUT2D eigenvalue weighted by Gasteiger charge is -2.40. The zero-order chi connectivity index (χ0) is 23.4. The number of hydrogen-bond donors (Lipinski definition) is 0. The van der Waals surface area contributed by atoms with Gasteiger partial charge in [0.25, 0.3) is 0 Å². The van der Waals surface area contributed by atoms with E-state index in [0.29, 0.717) is 5.82 Å². The van der Waals surface area contributed by atoms with Crippen LogP contribution in [0.25, 0.3) is 0 Å². The second-order valence-electron chi connectivity index (χ2n) is 8.96. The minimum atomic E-state index is -3.57. The minimum Gasteiger partial charge on any atom is -0.296 e. The Kier molecular flexibility index (Phi) is 7.16. The van der Waals surface area contributed by atoms with Gasteiger partial charge in [-0.25, -0.2) is 13.1 Å². The van der Waals surface area contributed by atoms with E-state index in [9.17, 15) is 8.42 Å². The molecular formula is C23H31N7O2S. The Balaban J connectivity index is 1.47. The molecule has 33 heavy (non-hydrogen) atoms. The van der Waals surface area contributed by atoms with Crippen LogP contribution in [0.3, 0.4) is 0 Å². The van der Waals surface area contributed by atoms with Crippen LogP contribution in [0.1, 0.15) is 36.8 Å². The molecule has 0 saturated carbocycles. The third kappa shape index (κ3) is 5.63. The molecule has 1 aliphatic heterocycles. The van der Waals surface area contributed by atoms with E-state index in [1.165, 1.54) is 10.2 Å². The predicted octanol–water partition coefficient (Wildman–Crippen LogP) is 2.32. The van der Waals surface area contributed by atoms with Gasteiger partial charge in [0.15, 0.2) is 21.5 Å². The quantitative estimate of drug-likeness (QED) is 0.496. The second kappa shape index (κ2) is 10.1. The summed E-state index contributed by atoms with van der Waals surface area (Å²) in [5.74, 6) is 0.547. The molecule has 0 radical (unpaired) electrons. The van der Waals surface area contributed by atoms with E-state index in [0.717, 1.165) is 38.3 Å². The van der Waals surface area contributed by atoms with Gasteiger partial charge < -0.3 is 0 Å². The molecule has 4 rings (SSSR count). The third-order valence-corrected chi connectivity index (χ3v) is 7.63. The molecule has 9 nitrogen and oxygen atoms in total. The number of benzene rings is 1. The third-order valence-electron chi connectivity index (χ3n) is 6.06. The van der Waals surface area contributed by atoms with Crippen molar-refractivity contribution in [1.82, 2.24) is 35.0 Å². The molecule has 10 heteroatoms. The minimum absolute atomic E-state index is 0.0613. The topological polar surface area (TPSA) is 97.1 Å². The van der Waals surface area contributed by atoms with Gasteiger partial charge in [0.2, 0.25) is 0 Å². The average Bonchev–Trinajstić information content (AvgIpc) is 3.22. The summed E-state index contributed by atoms with van der Waals surface area (Å²) in [5.41, 5.74) is 2.22. The number of aromatic nitrogens is 5. The van der Waals surface area contributed by atoms with Crippen LogP contribution >= 0.6 is 0 Å². The molecule has 0 spiro atoms. The van der Waals surface area contributed by atoms with Crippen molar-refractivity contribution < 1.29 is 8.42 Å². The fourth-order valence-corrected chi connectivity index (χ4v) is 5.53. The maximum absolute atomic E-state index is 13.0. The first-order valence-electron chi connectivity index (χ1n) is 11.2. The van der Waals surface area contributed by atoms with E-state index in [1.54, 1.807) is 30.5 Å². The number of tetrazole rings is 1. The molecule has 1 atom stereocenters. The normalized spacial score (nSPS) is 16.8. The van der Waals surface area contributed by atoms with E-state index < -0.39 is 9.84 Å². The Labute approximate surface area is 195 Å². The van der Waals surface area contributed by atoms with E-state index >= 15 is 0 Å². The van der Waals surface area contributed by atoms with Crippen LogP contribution in [0.15, 0.2) is 53.7 Å². The van der Waals surface area contributed by atoms with Crippen molar-refractivity contribution in [3.8, 4) is 0 Å². The number of sulfone groups is 1. The number of hydrogen-bond acceptors (Lipinski definition) is 8. The van der Waals surface area contributed by atoms with Crippen LogP contribution in [0.5, 0.6) is 0 Å². The Morgan fingerprint density at radius 1 is 1.03 bits per heavy atom. The Bertz CT molecular complexity index is 1140. The van der Waals surface area contributed by atoms with Crippen LogP contribution in [0.2, 0.25) is 0 Å². The number of pyridine rings is 1. The lowest BCUT2D eigenvalue weighted by atomic mass is 10.0. The van der Waals surface area contributed by atoms with E-state index in [4.69, 9.17) is 0 Å². The molecule has 1 saturated heterocycles. The Hall–Kier alpha value is -2.69. The van der Waals surface area contributed by atoms with Crippen LogP contribution in [0.4, 0.5) is 0 Å². The van der Waals surface area contributed by atoms with Gasteiger partial charge >= 0.3 is 0 Å². The summed E-state index contributed by atoms with van der Waals surface area (Å²) in [6.45, 7) is 10.6. The molecule has 3 heterocycles. The summed E-state index contributed by atoms with van der Waals surface area (Å²) < 4.78 is 27.5. The highest BCUT2D eigenvalue weighted by molar-refractivity contribution is 7.90. The van der Waals surface area contributed by atoms with Gasteiger partial charge in [-0.15, -0.1) is 5.10 Å². The number of rotatable bonds is 8. The fraction of sp³-hybridized carbons (Fsp3) is 0.478. The highest BCUT2D eigenvalue weighted by atomic mass is 32.2. The Morgan fingerprint density at radius 2 is 1.76 bits per heavy atom. The SMILES string of the molecule is Cc1ccc(S(=O)(=O)Cn2nnnc2C(C(C)C)N2CCN(Cc3cccnc3)CC2)cc1. The number of piperazine rings is 1. The lowest BCUT2D eigenvalue weighted by molar-refractivity contribution is 0.0665. The Morgan fingerprint density at radius 3 is 2.39 bits per heavy atom. The second-order valence-corrected chi connectivity index (χ2v) is 10.9. The van der Waals surface area contributed by atoms with Crippen molar-refractivity contribution in [3.63, 3.8) is 0 Å². The van der Waals surface area contributed by atoms with Gasteiger partial charge in [0.1, 0.15) is 0 Å². The summed E-state index contributed by atoms with van der Waals surface area (Å²) in [6.07, 6.45) is 3.70.